The van der Waals surface area contributed by atoms with E-state index in [0.717, 1.165) is 22.4 Å². The average molecular weight is 399 g/mol. The first-order chi connectivity index (χ1) is 13.8. The van der Waals surface area contributed by atoms with Crippen LogP contribution in [-0.4, -0.2) is 28.6 Å². The SMILES string of the molecule is [2H]C1(N2Cc3c(NCc4ccc(C)c(Cl)c4)cccc3C2=O)CCC(=O)NC1=O. The molecule has 0 saturated carbocycles. The van der Waals surface area contributed by atoms with E-state index in [1.807, 2.05) is 31.2 Å². The lowest BCUT2D eigenvalue weighted by atomic mass is 10.0. The lowest BCUT2D eigenvalue weighted by Gasteiger charge is -2.29. The Kier molecular flexibility index (Phi) is 4.49. The molecule has 1 fully saturated rings. The molecule has 6 nitrogen and oxygen atoms in total. The van der Waals surface area contributed by atoms with Gasteiger partial charge in [0.2, 0.25) is 11.8 Å². The number of hydrogen-bond acceptors (Lipinski definition) is 4. The molecule has 2 aliphatic rings. The lowest BCUT2D eigenvalue weighted by molar-refractivity contribution is -0.136. The Balaban J connectivity index is 1.57. The van der Waals surface area contributed by atoms with Gasteiger partial charge in [-0.15, -0.1) is 0 Å². The van der Waals surface area contributed by atoms with E-state index in [9.17, 15) is 14.4 Å². The first-order valence-electron chi connectivity index (χ1n) is 9.56. The average Bonchev–Trinajstić information content (AvgIpc) is 3.04. The predicted octanol–water partition coefficient (Wildman–Crippen LogP) is 3.02. The molecule has 0 radical (unpaired) electrons. The van der Waals surface area contributed by atoms with Gasteiger partial charge in [-0.1, -0.05) is 29.8 Å². The number of carbonyl (C=O) groups excluding carboxylic acids is 3. The molecule has 0 aromatic heterocycles. The fourth-order valence-electron chi connectivity index (χ4n) is 3.52. The molecule has 3 amide bonds. The highest BCUT2D eigenvalue weighted by atomic mass is 35.5. The van der Waals surface area contributed by atoms with E-state index in [1.165, 1.54) is 4.90 Å². The monoisotopic (exact) mass is 398 g/mol. The zero-order chi connectivity index (χ0) is 20.8. The fraction of sp³-hybridized carbons (Fsp3) is 0.286. The molecule has 144 valence electrons. The van der Waals surface area contributed by atoms with Gasteiger partial charge in [-0.2, -0.15) is 0 Å². The van der Waals surface area contributed by atoms with Gasteiger partial charge in [0.15, 0.2) is 0 Å². The van der Waals surface area contributed by atoms with Gasteiger partial charge in [0.1, 0.15) is 6.02 Å². The highest BCUT2D eigenvalue weighted by Crippen LogP contribution is 2.32. The number of aryl methyl sites for hydroxylation is 1. The topological polar surface area (TPSA) is 78.5 Å². The Morgan fingerprint density at radius 3 is 2.86 bits per heavy atom. The van der Waals surface area contributed by atoms with Gasteiger partial charge in [0.05, 0.1) is 1.37 Å². The molecular formula is C21H20ClN3O3. The Morgan fingerprint density at radius 1 is 1.29 bits per heavy atom. The van der Waals surface area contributed by atoms with Crippen LogP contribution in [0.15, 0.2) is 36.4 Å². The Bertz CT molecular complexity index is 1040. The molecule has 2 heterocycles. The van der Waals surface area contributed by atoms with E-state index < -0.39 is 17.8 Å². The third-order valence-electron chi connectivity index (χ3n) is 5.12. The lowest BCUT2D eigenvalue weighted by Crippen LogP contribution is -2.52. The maximum atomic E-state index is 12.9. The number of amides is 3. The van der Waals surface area contributed by atoms with Crippen molar-refractivity contribution in [3.05, 3.63) is 63.7 Å². The summed E-state index contributed by atoms with van der Waals surface area (Å²) in [6, 6.07) is 9.38. The second-order valence-electron chi connectivity index (χ2n) is 6.98. The number of nitrogens with one attached hydrogen (secondary N) is 2. The van der Waals surface area contributed by atoms with Crippen molar-refractivity contribution in [3.63, 3.8) is 0 Å². The van der Waals surface area contributed by atoms with E-state index in [4.69, 9.17) is 13.0 Å². The van der Waals surface area contributed by atoms with Gasteiger partial charge in [0.25, 0.3) is 5.91 Å². The van der Waals surface area contributed by atoms with Gasteiger partial charge in [-0.05, 0) is 42.7 Å². The molecule has 1 unspecified atom stereocenters. The third kappa shape index (κ3) is 3.36. The number of rotatable bonds is 4. The molecule has 0 bridgehead atoms. The highest BCUT2D eigenvalue weighted by molar-refractivity contribution is 6.31. The summed E-state index contributed by atoms with van der Waals surface area (Å²) in [6.07, 6.45) is 0.0245. The second kappa shape index (κ2) is 7.28. The molecule has 28 heavy (non-hydrogen) atoms. The molecule has 1 saturated heterocycles. The number of anilines is 1. The van der Waals surface area contributed by atoms with Crippen LogP contribution in [-0.2, 0) is 22.7 Å². The summed E-state index contributed by atoms with van der Waals surface area (Å²) >= 11 is 6.19. The summed E-state index contributed by atoms with van der Waals surface area (Å²) in [7, 11) is 0. The van der Waals surface area contributed by atoms with Crippen LogP contribution in [0.25, 0.3) is 0 Å². The molecule has 7 heteroatoms. The van der Waals surface area contributed by atoms with Crippen molar-refractivity contribution in [1.82, 2.24) is 10.2 Å². The number of imide groups is 1. The van der Waals surface area contributed by atoms with E-state index in [2.05, 4.69) is 10.6 Å². The van der Waals surface area contributed by atoms with Gasteiger partial charge in [-0.25, -0.2) is 0 Å². The largest absolute Gasteiger partial charge is 0.381 e. The van der Waals surface area contributed by atoms with Crippen molar-refractivity contribution in [1.29, 1.82) is 0 Å². The summed E-state index contributed by atoms with van der Waals surface area (Å²) < 4.78 is 8.58. The quantitative estimate of drug-likeness (QED) is 0.776. The van der Waals surface area contributed by atoms with Crippen LogP contribution in [0.4, 0.5) is 5.69 Å². The number of benzene rings is 2. The van der Waals surface area contributed by atoms with E-state index in [-0.39, 0.29) is 25.3 Å². The minimum atomic E-state index is -1.79. The standard InChI is InChI=1S/C21H20ClN3O3/c1-12-5-6-13(9-16(12)22)10-23-17-4-2-3-14-15(17)11-25(21(14)28)18-7-8-19(26)24-20(18)27/h2-6,9,18,23H,7-8,10-11H2,1H3,(H,24,26,27)/i18D. The Labute approximate surface area is 169 Å². The van der Waals surface area contributed by atoms with Crippen molar-refractivity contribution in [3.8, 4) is 0 Å². The molecular weight excluding hydrogens is 378 g/mol. The summed E-state index contributed by atoms with van der Waals surface area (Å²) in [5.74, 6) is -1.54. The van der Waals surface area contributed by atoms with Crippen molar-refractivity contribution in [2.75, 3.05) is 5.32 Å². The Morgan fingerprint density at radius 2 is 2.11 bits per heavy atom. The number of hydrogen-bond donors (Lipinski definition) is 2. The molecule has 2 N–H and O–H groups in total. The van der Waals surface area contributed by atoms with Crippen LogP contribution in [0.2, 0.25) is 5.02 Å². The normalized spacial score (nSPS) is 22.0. The molecule has 0 aliphatic carbocycles. The first kappa shape index (κ1) is 17.3. The van der Waals surface area contributed by atoms with Crippen LogP contribution in [0.1, 0.15) is 41.3 Å². The van der Waals surface area contributed by atoms with Crippen LogP contribution in [0, 0.1) is 6.92 Å². The van der Waals surface area contributed by atoms with Crippen LogP contribution < -0.4 is 10.6 Å². The summed E-state index contributed by atoms with van der Waals surface area (Å²) in [5.41, 5.74) is 3.98. The van der Waals surface area contributed by atoms with Gasteiger partial charge >= 0.3 is 0 Å². The zero-order valence-electron chi connectivity index (χ0n) is 16.3. The number of carbonyl (C=O) groups is 3. The molecule has 2 aromatic carbocycles. The predicted molar refractivity (Wildman–Crippen MR) is 106 cm³/mol. The minimum absolute atomic E-state index is 0.0119. The van der Waals surface area contributed by atoms with E-state index in [1.54, 1.807) is 12.1 Å². The smallest absolute Gasteiger partial charge is 0.255 e. The maximum Gasteiger partial charge on any atom is 0.255 e. The summed E-state index contributed by atoms with van der Waals surface area (Å²) in [5, 5.41) is 6.20. The first-order valence-corrected chi connectivity index (χ1v) is 9.44. The maximum absolute atomic E-state index is 12.9. The number of halogens is 1. The van der Waals surface area contributed by atoms with Crippen molar-refractivity contribution in [2.24, 2.45) is 0 Å². The van der Waals surface area contributed by atoms with Gasteiger partial charge < -0.3 is 10.2 Å². The molecule has 2 aliphatic heterocycles. The van der Waals surface area contributed by atoms with Crippen molar-refractivity contribution < 1.29 is 15.8 Å². The molecule has 4 rings (SSSR count). The van der Waals surface area contributed by atoms with Crippen molar-refractivity contribution >= 4 is 35.0 Å². The van der Waals surface area contributed by atoms with E-state index >= 15 is 0 Å². The van der Waals surface area contributed by atoms with E-state index in [0.29, 0.717) is 17.1 Å². The van der Waals surface area contributed by atoms with Gasteiger partial charge in [-0.3, -0.25) is 19.7 Å². The van der Waals surface area contributed by atoms with Gasteiger partial charge in [0, 0.05) is 41.3 Å². The van der Waals surface area contributed by atoms with Crippen LogP contribution >= 0.6 is 11.6 Å². The zero-order valence-corrected chi connectivity index (χ0v) is 16.1. The summed E-state index contributed by atoms with van der Waals surface area (Å²) in [4.78, 5) is 38.0. The summed E-state index contributed by atoms with van der Waals surface area (Å²) in [6.45, 7) is 2.60. The number of piperidine rings is 1. The number of nitrogens with zero attached hydrogens (tertiary/aromatic N) is 1. The Hall–Kier alpha value is -2.86. The van der Waals surface area contributed by atoms with Crippen LogP contribution in [0.3, 0.4) is 0 Å². The third-order valence-corrected chi connectivity index (χ3v) is 5.52. The van der Waals surface area contributed by atoms with Crippen LogP contribution in [0.5, 0.6) is 0 Å². The number of fused-ring (bicyclic) bond motifs is 1. The molecule has 2 aromatic rings. The molecule has 0 spiro atoms. The molecule has 1 atom stereocenters. The van der Waals surface area contributed by atoms with Crippen molar-refractivity contribution in [2.45, 2.75) is 38.9 Å². The highest BCUT2D eigenvalue weighted by Gasteiger charge is 2.39. The minimum Gasteiger partial charge on any atom is -0.381 e. The fourth-order valence-corrected chi connectivity index (χ4v) is 3.73. The second-order valence-corrected chi connectivity index (χ2v) is 7.39.